The molecule has 1 N–H and O–H groups in total. The van der Waals surface area contributed by atoms with Gasteiger partial charge in [0, 0.05) is 44.9 Å². The Morgan fingerprint density at radius 3 is 2.58 bits per heavy atom. The Morgan fingerprint density at radius 2 is 2.05 bits per heavy atom. The maximum atomic E-state index is 11.9. The van der Waals surface area contributed by atoms with E-state index in [2.05, 4.69) is 9.97 Å². The van der Waals surface area contributed by atoms with Gasteiger partial charge in [0.05, 0.1) is 0 Å². The number of carbonyl (C=O) groups excluding carboxylic acids is 1. The van der Waals surface area contributed by atoms with E-state index in [1.807, 2.05) is 4.90 Å². The zero-order valence-corrected chi connectivity index (χ0v) is 11.6. The summed E-state index contributed by atoms with van der Waals surface area (Å²) in [6.45, 7) is 3.23. The third-order valence-corrected chi connectivity index (χ3v) is 3.55. The number of hydrogen-bond donors (Lipinski definition) is 1. The van der Waals surface area contributed by atoms with E-state index in [1.165, 1.54) is 0 Å². The van der Waals surface area contributed by atoms with Gasteiger partial charge in [-0.25, -0.2) is 4.98 Å². The molecule has 0 aromatic carbocycles. The number of nitrogens with one attached hydrogen (secondary N) is 1. The maximum Gasteiger partial charge on any atom is 0.255 e. The van der Waals surface area contributed by atoms with E-state index in [0.29, 0.717) is 11.5 Å². The first kappa shape index (κ1) is 13.6. The van der Waals surface area contributed by atoms with E-state index in [4.69, 9.17) is 0 Å². The molecular weight excluding hydrogens is 244 g/mol. The van der Waals surface area contributed by atoms with Crippen LogP contribution in [0.3, 0.4) is 0 Å². The Morgan fingerprint density at radius 1 is 1.42 bits per heavy atom. The predicted molar refractivity (Wildman–Crippen MR) is 73.2 cm³/mol. The summed E-state index contributed by atoms with van der Waals surface area (Å²) in [5.74, 6) is 0.875. The van der Waals surface area contributed by atoms with E-state index >= 15 is 0 Å². The Labute approximate surface area is 112 Å². The van der Waals surface area contributed by atoms with Crippen molar-refractivity contribution < 1.29 is 4.79 Å². The number of piperidine rings is 1. The van der Waals surface area contributed by atoms with Gasteiger partial charge in [0.15, 0.2) is 0 Å². The maximum absolute atomic E-state index is 11.9. The van der Waals surface area contributed by atoms with Crippen LogP contribution in [-0.4, -0.2) is 48.0 Å². The fourth-order valence-corrected chi connectivity index (χ4v) is 2.31. The second-order valence-electron chi connectivity index (χ2n) is 5.21. The van der Waals surface area contributed by atoms with Crippen molar-refractivity contribution in [1.29, 1.82) is 0 Å². The van der Waals surface area contributed by atoms with Gasteiger partial charge in [-0.15, -0.1) is 0 Å². The molecule has 1 fully saturated rings. The van der Waals surface area contributed by atoms with Crippen LogP contribution in [0.25, 0.3) is 0 Å². The van der Waals surface area contributed by atoms with Crippen molar-refractivity contribution in [2.24, 2.45) is 5.92 Å². The monoisotopic (exact) mass is 264 g/mol. The molecule has 1 amide bonds. The van der Waals surface area contributed by atoms with Crippen LogP contribution < -0.4 is 10.5 Å². The standard InChI is InChI=1S/C13H20N4O2/c1-9-8-14-13(15-11(9)18)17-6-4-10(5-7-17)12(19)16(2)3/h8,10H,4-7H2,1-3H3,(H,14,15,18). The number of H-pyrrole nitrogens is 1. The topological polar surface area (TPSA) is 69.3 Å². The van der Waals surface area contributed by atoms with Crippen molar-refractivity contribution in [1.82, 2.24) is 14.9 Å². The quantitative estimate of drug-likeness (QED) is 0.838. The van der Waals surface area contributed by atoms with Crippen molar-refractivity contribution in [2.75, 3.05) is 32.1 Å². The number of aromatic amines is 1. The molecule has 1 aliphatic heterocycles. The molecule has 1 aromatic rings. The number of hydrogen-bond acceptors (Lipinski definition) is 4. The number of aryl methyl sites for hydroxylation is 1. The van der Waals surface area contributed by atoms with Crippen molar-refractivity contribution in [2.45, 2.75) is 19.8 Å². The highest BCUT2D eigenvalue weighted by molar-refractivity contribution is 5.78. The van der Waals surface area contributed by atoms with E-state index in [1.54, 1.807) is 32.1 Å². The van der Waals surface area contributed by atoms with Gasteiger partial charge in [0.1, 0.15) is 0 Å². The van der Waals surface area contributed by atoms with E-state index in [9.17, 15) is 9.59 Å². The van der Waals surface area contributed by atoms with Crippen LogP contribution in [0, 0.1) is 12.8 Å². The molecule has 0 atom stereocenters. The van der Waals surface area contributed by atoms with Crippen LogP contribution in [0.2, 0.25) is 0 Å². The van der Waals surface area contributed by atoms with Gasteiger partial charge in [-0.1, -0.05) is 0 Å². The van der Waals surface area contributed by atoms with Crippen LogP contribution >= 0.6 is 0 Å². The van der Waals surface area contributed by atoms with Crippen LogP contribution in [0.15, 0.2) is 11.0 Å². The Balaban J connectivity index is 2.02. The molecule has 0 saturated carbocycles. The summed E-state index contributed by atoms with van der Waals surface area (Å²) in [5.41, 5.74) is 0.512. The zero-order valence-electron chi connectivity index (χ0n) is 11.6. The molecule has 1 aromatic heterocycles. The molecule has 0 aliphatic carbocycles. The molecule has 0 unspecified atom stereocenters. The third-order valence-electron chi connectivity index (χ3n) is 3.55. The number of amides is 1. The lowest BCUT2D eigenvalue weighted by Crippen LogP contribution is -2.41. The van der Waals surface area contributed by atoms with Gasteiger partial charge in [-0.2, -0.15) is 0 Å². The normalized spacial score (nSPS) is 16.5. The van der Waals surface area contributed by atoms with Crippen LogP contribution in [0.5, 0.6) is 0 Å². The Hall–Kier alpha value is -1.85. The molecule has 2 heterocycles. The minimum Gasteiger partial charge on any atom is -0.349 e. The zero-order chi connectivity index (χ0) is 14.0. The summed E-state index contributed by atoms with van der Waals surface area (Å²) < 4.78 is 0. The summed E-state index contributed by atoms with van der Waals surface area (Å²) in [4.78, 5) is 34.1. The Kier molecular flexibility index (Phi) is 3.87. The number of anilines is 1. The summed E-state index contributed by atoms with van der Waals surface area (Å²) in [7, 11) is 3.57. The fraction of sp³-hybridized carbons (Fsp3) is 0.615. The number of nitrogens with zero attached hydrogens (tertiary/aromatic N) is 3. The van der Waals surface area contributed by atoms with Gasteiger partial charge in [-0.3, -0.25) is 14.6 Å². The number of aromatic nitrogens is 2. The number of rotatable bonds is 2. The Bertz CT molecular complexity index is 516. The van der Waals surface area contributed by atoms with Gasteiger partial charge in [0.2, 0.25) is 11.9 Å². The molecule has 0 radical (unpaired) electrons. The minimum atomic E-state index is -0.100. The smallest absolute Gasteiger partial charge is 0.255 e. The highest BCUT2D eigenvalue weighted by Crippen LogP contribution is 2.21. The average molecular weight is 264 g/mol. The van der Waals surface area contributed by atoms with Gasteiger partial charge >= 0.3 is 0 Å². The van der Waals surface area contributed by atoms with Crippen molar-refractivity contribution in [3.05, 3.63) is 22.1 Å². The lowest BCUT2D eigenvalue weighted by Gasteiger charge is -2.32. The third kappa shape index (κ3) is 2.94. The molecule has 6 nitrogen and oxygen atoms in total. The first-order valence-corrected chi connectivity index (χ1v) is 6.51. The summed E-state index contributed by atoms with van der Waals surface area (Å²) >= 11 is 0. The van der Waals surface area contributed by atoms with Gasteiger partial charge < -0.3 is 9.80 Å². The van der Waals surface area contributed by atoms with Crippen molar-refractivity contribution in [3.63, 3.8) is 0 Å². The molecule has 0 spiro atoms. The molecule has 1 saturated heterocycles. The van der Waals surface area contributed by atoms with Crippen LogP contribution in [0.1, 0.15) is 18.4 Å². The second kappa shape index (κ2) is 5.42. The molecule has 6 heteroatoms. The summed E-state index contributed by atoms with van der Waals surface area (Å²) in [6, 6.07) is 0. The van der Waals surface area contributed by atoms with Crippen LogP contribution in [-0.2, 0) is 4.79 Å². The fourth-order valence-electron chi connectivity index (χ4n) is 2.31. The first-order valence-electron chi connectivity index (χ1n) is 6.51. The van der Waals surface area contributed by atoms with Gasteiger partial charge in [0.25, 0.3) is 5.56 Å². The second-order valence-corrected chi connectivity index (χ2v) is 5.21. The van der Waals surface area contributed by atoms with Crippen molar-refractivity contribution >= 4 is 11.9 Å². The number of carbonyl (C=O) groups is 1. The molecule has 104 valence electrons. The lowest BCUT2D eigenvalue weighted by atomic mass is 9.96. The molecule has 0 bridgehead atoms. The molecular formula is C13H20N4O2. The first-order chi connectivity index (χ1) is 8.99. The molecule has 19 heavy (non-hydrogen) atoms. The van der Waals surface area contributed by atoms with Crippen LogP contribution in [0.4, 0.5) is 5.95 Å². The largest absolute Gasteiger partial charge is 0.349 e. The molecule has 1 aliphatic rings. The highest BCUT2D eigenvalue weighted by Gasteiger charge is 2.26. The van der Waals surface area contributed by atoms with E-state index in [0.717, 1.165) is 25.9 Å². The van der Waals surface area contributed by atoms with Gasteiger partial charge in [-0.05, 0) is 19.8 Å². The summed E-state index contributed by atoms with van der Waals surface area (Å²) in [5, 5.41) is 0. The van der Waals surface area contributed by atoms with E-state index in [-0.39, 0.29) is 17.4 Å². The highest BCUT2D eigenvalue weighted by atomic mass is 16.2. The molecule has 2 rings (SSSR count). The SMILES string of the molecule is Cc1cnc(N2CCC(C(=O)N(C)C)CC2)[nH]c1=O. The lowest BCUT2D eigenvalue weighted by molar-refractivity contribution is -0.133. The van der Waals surface area contributed by atoms with E-state index < -0.39 is 0 Å². The predicted octanol–water partition coefficient (Wildman–Crippen LogP) is 0.383. The average Bonchev–Trinajstić information content (AvgIpc) is 2.41. The summed E-state index contributed by atoms with van der Waals surface area (Å²) in [6.07, 6.45) is 3.19. The van der Waals surface area contributed by atoms with Crippen molar-refractivity contribution in [3.8, 4) is 0 Å². The minimum absolute atomic E-state index is 0.0865.